The van der Waals surface area contributed by atoms with Crippen LogP contribution in [0.1, 0.15) is 13.3 Å². The van der Waals surface area contributed by atoms with Crippen molar-refractivity contribution in [2.45, 2.75) is 24.0 Å². The van der Waals surface area contributed by atoms with Gasteiger partial charge in [-0.1, -0.05) is 0 Å². The van der Waals surface area contributed by atoms with Gasteiger partial charge in [0.25, 0.3) is 10.1 Å². The maximum atomic E-state index is 10.4. The van der Waals surface area contributed by atoms with Crippen LogP contribution in [-0.4, -0.2) is 41.7 Å². The van der Waals surface area contributed by atoms with Gasteiger partial charge in [0.15, 0.2) is 4.58 Å². The van der Waals surface area contributed by atoms with Crippen LogP contribution >= 0.6 is 0 Å². The first kappa shape index (κ1) is 17.2. The van der Waals surface area contributed by atoms with Crippen LogP contribution in [0.3, 0.4) is 0 Å². The zero-order valence-electron chi connectivity index (χ0n) is 7.61. The summed E-state index contributed by atoms with van der Waals surface area (Å²) in [7, 11) is -10.1. The van der Waals surface area contributed by atoms with E-state index in [9.17, 15) is 21.4 Å². The summed E-state index contributed by atoms with van der Waals surface area (Å²) in [4.78, 5) is 0. The molecule has 14 heavy (non-hydrogen) atoms. The summed E-state index contributed by atoms with van der Waals surface area (Å²) in [6, 6.07) is 0. The van der Waals surface area contributed by atoms with Gasteiger partial charge in [0, 0.05) is 6.42 Å². The summed E-state index contributed by atoms with van der Waals surface area (Å²) in [6.45, 7) is 1.10. The number of hydrogen-bond acceptors (Lipinski definition) is 6. The SMILES string of the molecule is CC(O)CC(S(=O)(=O)[O-])S(=O)(=O)O.[Na+]. The molecule has 0 amide bonds. The average Bonchev–Trinajstić information content (AvgIpc) is 1.77. The third kappa shape index (κ3) is 6.30. The van der Waals surface area contributed by atoms with Crippen molar-refractivity contribution in [3.8, 4) is 0 Å². The van der Waals surface area contributed by atoms with Crippen molar-refractivity contribution in [1.29, 1.82) is 0 Å². The molecule has 2 unspecified atom stereocenters. The molecule has 0 bridgehead atoms. The molecule has 10 heteroatoms. The smallest absolute Gasteiger partial charge is 0.747 e. The molecule has 0 radical (unpaired) electrons. The van der Waals surface area contributed by atoms with E-state index in [1.54, 1.807) is 0 Å². The number of rotatable bonds is 4. The first-order chi connectivity index (χ1) is 5.55. The molecule has 0 saturated carbocycles. The monoisotopic (exact) mass is 256 g/mol. The van der Waals surface area contributed by atoms with E-state index in [1.807, 2.05) is 0 Å². The van der Waals surface area contributed by atoms with Gasteiger partial charge in [0.2, 0.25) is 0 Å². The molecule has 0 aliphatic carbocycles. The molecule has 0 spiro atoms. The van der Waals surface area contributed by atoms with Crippen molar-refractivity contribution in [2.24, 2.45) is 0 Å². The second-order valence-corrected chi connectivity index (χ2v) is 5.97. The summed E-state index contributed by atoms with van der Waals surface area (Å²) in [5.41, 5.74) is 0. The Kier molecular flexibility index (Phi) is 7.06. The quantitative estimate of drug-likeness (QED) is 0.383. The van der Waals surface area contributed by atoms with E-state index >= 15 is 0 Å². The van der Waals surface area contributed by atoms with Gasteiger partial charge in [0.05, 0.1) is 6.10 Å². The minimum Gasteiger partial charge on any atom is -0.747 e. The predicted molar refractivity (Wildman–Crippen MR) is 41.3 cm³/mol. The van der Waals surface area contributed by atoms with Crippen molar-refractivity contribution in [1.82, 2.24) is 0 Å². The van der Waals surface area contributed by atoms with Crippen LogP contribution in [0.2, 0.25) is 0 Å². The maximum absolute atomic E-state index is 10.4. The van der Waals surface area contributed by atoms with Gasteiger partial charge >= 0.3 is 29.6 Å². The topological polar surface area (TPSA) is 132 Å². The van der Waals surface area contributed by atoms with Crippen molar-refractivity contribution in [3.05, 3.63) is 0 Å². The van der Waals surface area contributed by atoms with E-state index in [2.05, 4.69) is 0 Å². The Labute approximate surface area is 104 Å². The molecule has 0 aromatic carbocycles. The Hall–Kier alpha value is 0.780. The van der Waals surface area contributed by atoms with Crippen molar-refractivity contribution in [3.63, 3.8) is 0 Å². The van der Waals surface area contributed by atoms with Crippen LogP contribution in [0.5, 0.6) is 0 Å². The summed E-state index contributed by atoms with van der Waals surface area (Å²) in [5, 5.41) is 8.67. The Morgan fingerprint density at radius 1 is 1.29 bits per heavy atom. The minimum atomic E-state index is -5.17. The zero-order chi connectivity index (χ0) is 10.9. The summed E-state index contributed by atoms with van der Waals surface area (Å²) < 4.78 is 57.5. The van der Waals surface area contributed by atoms with E-state index in [-0.39, 0.29) is 29.6 Å². The fourth-order valence-electron chi connectivity index (χ4n) is 0.667. The van der Waals surface area contributed by atoms with E-state index in [1.165, 1.54) is 0 Å². The standard InChI is InChI=1S/C4H10O7S2.Na/c1-3(5)2-4(12(6,7)8)13(9,10)11;/h3-5H,2H2,1H3,(H,6,7,8)(H,9,10,11);/q;+1/p-1. The van der Waals surface area contributed by atoms with Gasteiger partial charge in [-0.15, -0.1) is 0 Å². The Balaban J connectivity index is 0. The summed E-state index contributed by atoms with van der Waals surface area (Å²) >= 11 is 0. The third-order valence-corrected chi connectivity index (χ3v) is 4.32. The molecule has 80 valence electrons. The molecule has 0 aliphatic heterocycles. The summed E-state index contributed by atoms with van der Waals surface area (Å²) in [6.07, 6.45) is -2.15. The molecule has 0 fully saturated rings. The fraction of sp³-hybridized carbons (Fsp3) is 1.00. The molecule has 7 nitrogen and oxygen atoms in total. The molecular formula is C4H9NaO7S2. The van der Waals surface area contributed by atoms with Gasteiger partial charge < -0.3 is 9.66 Å². The number of aliphatic hydroxyl groups excluding tert-OH is 1. The molecule has 0 aromatic rings. The first-order valence-electron chi connectivity index (χ1n) is 3.14. The predicted octanol–water partition coefficient (Wildman–Crippen LogP) is -4.48. The van der Waals surface area contributed by atoms with Gasteiger partial charge in [-0.25, -0.2) is 8.42 Å². The minimum absolute atomic E-state index is 0. The first-order valence-corrected chi connectivity index (χ1v) is 6.11. The second kappa shape index (κ2) is 5.75. The Bertz CT molecular complexity index is 323. The molecule has 0 aliphatic rings. The molecule has 0 saturated heterocycles. The largest absolute Gasteiger partial charge is 1.00 e. The van der Waals surface area contributed by atoms with E-state index in [4.69, 9.17) is 9.66 Å². The van der Waals surface area contributed by atoms with Crippen molar-refractivity contribution in [2.75, 3.05) is 0 Å². The molecule has 0 aromatic heterocycles. The van der Waals surface area contributed by atoms with E-state index in [0.29, 0.717) is 0 Å². The summed E-state index contributed by atoms with van der Waals surface area (Å²) in [5.74, 6) is 0. The average molecular weight is 256 g/mol. The second-order valence-electron chi connectivity index (χ2n) is 2.52. The Morgan fingerprint density at radius 2 is 1.64 bits per heavy atom. The molecular weight excluding hydrogens is 247 g/mol. The van der Waals surface area contributed by atoms with Crippen molar-refractivity contribution < 1.29 is 60.6 Å². The van der Waals surface area contributed by atoms with Gasteiger partial charge in [-0.3, -0.25) is 4.55 Å². The number of hydrogen-bond donors (Lipinski definition) is 2. The van der Waals surface area contributed by atoms with Crippen molar-refractivity contribution >= 4 is 20.2 Å². The van der Waals surface area contributed by atoms with Crippen LogP contribution in [0.4, 0.5) is 0 Å². The number of aliphatic hydroxyl groups is 1. The fourth-order valence-corrected chi connectivity index (χ4v) is 2.89. The van der Waals surface area contributed by atoms with Crippen LogP contribution < -0.4 is 29.6 Å². The normalized spacial score (nSPS) is 16.9. The molecule has 2 N–H and O–H groups in total. The van der Waals surface area contributed by atoms with Crippen LogP contribution in [0.25, 0.3) is 0 Å². The third-order valence-electron chi connectivity index (χ3n) is 1.19. The van der Waals surface area contributed by atoms with Gasteiger partial charge in [-0.2, -0.15) is 8.42 Å². The molecule has 0 rings (SSSR count). The molecule has 2 atom stereocenters. The van der Waals surface area contributed by atoms with Crippen LogP contribution in [0, 0.1) is 0 Å². The maximum Gasteiger partial charge on any atom is 1.00 e. The zero-order valence-corrected chi connectivity index (χ0v) is 11.2. The van der Waals surface area contributed by atoms with E-state index < -0.39 is 37.3 Å². The Morgan fingerprint density at radius 3 is 1.71 bits per heavy atom. The van der Waals surface area contributed by atoms with Gasteiger partial charge in [-0.05, 0) is 6.92 Å². The van der Waals surface area contributed by atoms with E-state index in [0.717, 1.165) is 6.92 Å². The van der Waals surface area contributed by atoms with Crippen LogP contribution in [0.15, 0.2) is 0 Å². The van der Waals surface area contributed by atoms with Crippen LogP contribution in [-0.2, 0) is 20.2 Å². The molecule has 0 heterocycles. The van der Waals surface area contributed by atoms with Gasteiger partial charge in [0.1, 0.15) is 10.1 Å².